The molecular formula is C24H30N4O2S2. The van der Waals surface area contributed by atoms with Gasteiger partial charge in [0, 0.05) is 0 Å². The Morgan fingerprint density at radius 1 is 0.688 bits per heavy atom. The Morgan fingerprint density at radius 2 is 1.06 bits per heavy atom. The van der Waals surface area contributed by atoms with Crippen molar-refractivity contribution in [1.82, 2.24) is 20.7 Å². The Balaban J connectivity index is 1.46. The van der Waals surface area contributed by atoms with Gasteiger partial charge in [0.15, 0.2) is 10.2 Å². The molecule has 2 heterocycles. The fourth-order valence-electron chi connectivity index (χ4n) is 3.78. The first-order valence-corrected chi connectivity index (χ1v) is 12.1. The van der Waals surface area contributed by atoms with Gasteiger partial charge in [-0.25, -0.2) is 10.0 Å². The zero-order valence-electron chi connectivity index (χ0n) is 18.5. The van der Waals surface area contributed by atoms with Crippen LogP contribution in [0.3, 0.4) is 0 Å². The third-order valence-corrected chi connectivity index (χ3v) is 6.19. The summed E-state index contributed by atoms with van der Waals surface area (Å²) in [7, 11) is 0. The first-order valence-electron chi connectivity index (χ1n) is 11.3. The van der Waals surface area contributed by atoms with E-state index in [1.807, 2.05) is 34.3 Å². The highest BCUT2D eigenvalue weighted by atomic mass is 32.1. The van der Waals surface area contributed by atoms with Crippen molar-refractivity contribution in [2.45, 2.75) is 51.9 Å². The van der Waals surface area contributed by atoms with Gasteiger partial charge in [0.25, 0.3) is 0 Å². The fraction of sp³-hybridized carbons (Fsp3) is 0.417. The van der Waals surface area contributed by atoms with Gasteiger partial charge in [-0.3, -0.25) is 0 Å². The molecule has 0 spiro atoms. The maximum Gasteiger partial charge on any atom is 0.192 e. The summed E-state index contributed by atoms with van der Waals surface area (Å²) in [5.41, 5.74) is 2.14. The molecule has 2 aromatic rings. The summed E-state index contributed by atoms with van der Waals surface area (Å²) in [5, 5.41) is 12.1. The molecule has 2 N–H and O–H groups in total. The lowest BCUT2D eigenvalue weighted by Gasteiger charge is -2.26. The second-order valence-corrected chi connectivity index (χ2v) is 8.71. The zero-order chi connectivity index (χ0) is 22.5. The molecular weight excluding hydrogens is 440 g/mol. The number of hydrogen-bond acceptors (Lipinski definition) is 4. The van der Waals surface area contributed by atoms with Crippen molar-refractivity contribution < 1.29 is 9.47 Å². The molecule has 2 fully saturated rings. The van der Waals surface area contributed by atoms with Gasteiger partial charge in [0.05, 0.1) is 13.2 Å². The molecule has 4 rings (SSSR count). The minimum atomic E-state index is -0.158. The maximum atomic E-state index is 5.79. The molecule has 2 aromatic carbocycles. The van der Waals surface area contributed by atoms with Crippen LogP contribution in [0, 0.1) is 0 Å². The van der Waals surface area contributed by atoms with Crippen molar-refractivity contribution in [3.05, 3.63) is 59.7 Å². The quantitative estimate of drug-likeness (QED) is 0.370. The molecule has 170 valence electrons. The van der Waals surface area contributed by atoms with E-state index in [1.54, 1.807) is 0 Å². The second-order valence-electron chi connectivity index (χ2n) is 7.94. The Labute approximate surface area is 200 Å². The lowest BCUT2D eigenvalue weighted by atomic mass is 10.1. The van der Waals surface area contributed by atoms with Crippen molar-refractivity contribution in [2.24, 2.45) is 0 Å². The van der Waals surface area contributed by atoms with Crippen LogP contribution in [0.2, 0.25) is 0 Å². The predicted octanol–water partition coefficient (Wildman–Crippen LogP) is 5.04. The molecule has 2 aliphatic rings. The second kappa shape index (κ2) is 10.4. The third-order valence-electron chi connectivity index (χ3n) is 5.58. The highest BCUT2D eigenvalue weighted by molar-refractivity contribution is 7.80. The summed E-state index contributed by atoms with van der Waals surface area (Å²) in [5.74, 6) is 1.75. The standard InChI is InChI=1S/C24H30N4O2S2/c1-3-5-15-29-19-11-7-17(8-12-19)21-25-23(31)28-22(26-24(32)27(21)28)18-9-13-20(14-10-18)30-16-6-4-2/h7-14,21-22H,3-6,15-16H2,1-2H3,(H,25,31)(H,26,32)/t21-,22+. The molecule has 2 aliphatic heterocycles. The summed E-state index contributed by atoms with van der Waals surface area (Å²) in [6, 6.07) is 16.2. The first kappa shape index (κ1) is 22.6. The number of nitrogens with zero attached hydrogens (tertiary/aromatic N) is 2. The predicted molar refractivity (Wildman–Crippen MR) is 134 cm³/mol. The van der Waals surface area contributed by atoms with Gasteiger partial charge in [0.2, 0.25) is 0 Å². The van der Waals surface area contributed by atoms with Crippen LogP contribution in [-0.2, 0) is 0 Å². The van der Waals surface area contributed by atoms with Crippen LogP contribution < -0.4 is 20.1 Å². The highest BCUT2D eigenvalue weighted by Crippen LogP contribution is 2.37. The van der Waals surface area contributed by atoms with E-state index in [0.717, 1.165) is 61.5 Å². The van der Waals surface area contributed by atoms with E-state index in [0.29, 0.717) is 10.2 Å². The number of ether oxygens (including phenoxy) is 2. The number of rotatable bonds is 10. The van der Waals surface area contributed by atoms with Gasteiger partial charge < -0.3 is 20.1 Å². The van der Waals surface area contributed by atoms with Gasteiger partial charge >= 0.3 is 0 Å². The Morgan fingerprint density at radius 3 is 1.41 bits per heavy atom. The average Bonchev–Trinajstić information content (AvgIpc) is 3.33. The SMILES string of the molecule is CCCCOc1ccc([C@H]2NC(=S)N3[C@H](c4ccc(OCCCC)cc4)NC(=S)N23)cc1. The van der Waals surface area contributed by atoms with E-state index < -0.39 is 0 Å². The topological polar surface area (TPSA) is 49.0 Å². The van der Waals surface area contributed by atoms with Gasteiger partial charge in [-0.2, -0.15) is 0 Å². The van der Waals surface area contributed by atoms with Crippen molar-refractivity contribution in [1.29, 1.82) is 0 Å². The normalized spacial score (nSPS) is 19.6. The minimum Gasteiger partial charge on any atom is -0.494 e. The molecule has 0 saturated carbocycles. The molecule has 6 nitrogen and oxygen atoms in total. The molecule has 0 bridgehead atoms. The van der Waals surface area contributed by atoms with Gasteiger partial charge in [0.1, 0.15) is 23.8 Å². The molecule has 0 aromatic heterocycles. The Kier molecular flexibility index (Phi) is 7.32. The molecule has 2 atom stereocenters. The van der Waals surface area contributed by atoms with Crippen molar-refractivity contribution >= 4 is 34.7 Å². The van der Waals surface area contributed by atoms with Crippen LogP contribution in [0.1, 0.15) is 63.0 Å². The number of nitrogens with one attached hydrogen (secondary N) is 2. The Bertz CT molecular complexity index is 859. The van der Waals surface area contributed by atoms with Crippen LogP contribution in [0.25, 0.3) is 0 Å². The molecule has 32 heavy (non-hydrogen) atoms. The smallest absolute Gasteiger partial charge is 0.192 e. The monoisotopic (exact) mass is 470 g/mol. The summed E-state index contributed by atoms with van der Waals surface area (Å²) >= 11 is 11.4. The van der Waals surface area contributed by atoms with Crippen LogP contribution >= 0.6 is 24.4 Å². The van der Waals surface area contributed by atoms with E-state index in [2.05, 4.69) is 48.7 Å². The summed E-state index contributed by atoms with van der Waals surface area (Å²) < 4.78 is 11.6. The number of fused-ring (bicyclic) bond motifs is 1. The highest BCUT2D eigenvalue weighted by Gasteiger charge is 2.47. The van der Waals surface area contributed by atoms with Crippen molar-refractivity contribution in [2.75, 3.05) is 13.2 Å². The van der Waals surface area contributed by atoms with E-state index in [4.69, 9.17) is 33.9 Å². The maximum absolute atomic E-state index is 5.79. The molecule has 0 amide bonds. The number of unbranched alkanes of at least 4 members (excludes halogenated alkanes) is 2. The number of benzene rings is 2. The lowest BCUT2D eigenvalue weighted by molar-refractivity contribution is 0.114. The minimum absolute atomic E-state index is 0.158. The van der Waals surface area contributed by atoms with Gasteiger partial charge in [-0.1, -0.05) is 51.0 Å². The zero-order valence-corrected chi connectivity index (χ0v) is 20.2. The van der Waals surface area contributed by atoms with E-state index in [1.165, 1.54) is 0 Å². The number of hydrogen-bond donors (Lipinski definition) is 2. The van der Waals surface area contributed by atoms with E-state index in [9.17, 15) is 0 Å². The van der Waals surface area contributed by atoms with Gasteiger partial charge in [-0.05, 0) is 72.7 Å². The summed E-state index contributed by atoms with van der Waals surface area (Å²) in [6.07, 6.45) is 4.02. The van der Waals surface area contributed by atoms with Crippen molar-refractivity contribution in [3.8, 4) is 11.5 Å². The molecule has 2 saturated heterocycles. The fourth-order valence-corrected chi connectivity index (χ4v) is 4.39. The third kappa shape index (κ3) is 4.76. The van der Waals surface area contributed by atoms with E-state index >= 15 is 0 Å². The lowest BCUT2D eigenvalue weighted by Crippen LogP contribution is -2.36. The van der Waals surface area contributed by atoms with Crippen LogP contribution in [0.4, 0.5) is 0 Å². The molecule has 0 radical (unpaired) electrons. The summed E-state index contributed by atoms with van der Waals surface area (Å²) in [4.78, 5) is 0. The molecule has 8 heteroatoms. The van der Waals surface area contributed by atoms with Crippen LogP contribution in [0.5, 0.6) is 11.5 Å². The molecule has 0 unspecified atom stereocenters. The first-order chi connectivity index (χ1) is 15.6. The van der Waals surface area contributed by atoms with Gasteiger partial charge in [-0.15, -0.1) is 0 Å². The molecule has 0 aliphatic carbocycles. The number of hydrazine groups is 1. The average molecular weight is 471 g/mol. The van der Waals surface area contributed by atoms with E-state index in [-0.39, 0.29) is 12.3 Å². The summed E-state index contributed by atoms with van der Waals surface area (Å²) in [6.45, 7) is 5.78. The largest absolute Gasteiger partial charge is 0.494 e. The number of thiocarbonyl (C=S) groups is 2. The van der Waals surface area contributed by atoms with Crippen molar-refractivity contribution in [3.63, 3.8) is 0 Å². The van der Waals surface area contributed by atoms with Crippen LogP contribution in [0.15, 0.2) is 48.5 Å². The van der Waals surface area contributed by atoms with Crippen LogP contribution in [-0.4, -0.2) is 33.5 Å². The Hall–Kier alpha value is -2.58.